The maximum atomic E-state index is 11.5. The Bertz CT molecular complexity index is 336. The van der Waals surface area contributed by atoms with Gasteiger partial charge in [-0.2, -0.15) is 0 Å². The van der Waals surface area contributed by atoms with Crippen LogP contribution < -0.4 is 10.6 Å². The average molecular weight is 270 g/mol. The first-order chi connectivity index (χ1) is 8.99. The SMILES string of the molecule is CC(C)CNC(=O)NC(=O)COC(=O)C1CCCC1. The van der Waals surface area contributed by atoms with Crippen molar-refractivity contribution in [1.82, 2.24) is 10.6 Å². The molecule has 1 rings (SSSR count). The van der Waals surface area contributed by atoms with Crippen molar-refractivity contribution in [2.45, 2.75) is 39.5 Å². The van der Waals surface area contributed by atoms with Crippen LogP contribution in [0.2, 0.25) is 0 Å². The zero-order valence-corrected chi connectivity index (χ0v) is 11.5. The van der Waals surface area contributed by atoms with Gasteiger partial charge >= 0.3 is 12.0 Å². The highest BCUT2D eigenvalue weighted by Gasteiger charge is 2.24. The molecule has 6 heteroatoms. The highest BCUT2D eigenvalue weighted by Crippen LogP contribution is 2.25. The number of esters is 1. The lowest BCUT2D eigenvalue weighted by atomic mass is 10.1. The number of carbonyl (C=O) groups is 3. The van der Waals surface area contributed by atoms with Gasteiger partial charge in [0, 0.05) is 6.54 Å². The predicted molar refractivity (Wildman–Crippen MR) is 69.3 cm³/mol. The Morgan fingerprint density at radius 3 is 2.42 bits per heavy atom. The van der Waals surface area contributed by atoms with E-state index in [2.05, 4.69) is 10.6 Å². The Morgan fingerprint density at radius 1 is 1.21 bits per heavy atom. The number of hydrogen-bond donors (Lipinski definition) is 2. The molecule has 1 fully saturated rings. The molecule has 0 bridgehead atoms. The summed E-state index contributed by atoms with van der Waals surface area (Å²) in [6.07, 6.45) is 3.72. The Morgan fingerprint density at radius 2 is 1.84 bits per heavy atom. The van der Waals surface area contributed by atoms with E-state index in [1.807, 2.05) is 13.8 Å². The third-order valence-electron chi connectivity index (χ3n) is 2.96. The van der Waals surface area contributed by atoms with Crippen molar-refractivity contribution in [2.75, 3.05) is 13.2 Å². The molecule has 0 heterocycles. The molecule has 1 saturated carbocycles. The van der Waals surface area contributed by atoms with E-state index in [9.17, 15) is 14.4 Å². The van der Waals surface area contributed by atoms with Gasteiger partial charge in [0.05, 0.1) is 5.92 Å². The second-order valence-electron chi connectivity index (χ2n) is 5.24. The number of amides is 3. The number of ether oxygens (including phenoxy) is 1. The molecular weight excluding hydrogens is 248 g/mol. The van der Waals surface area contributed by atoms with E-state index < -0.39 is 18.5 Å². The molecule has 2 N–H and O–H groups in total. The summed E-state index contributed by atoms with van der Waals surface area (Å²) in [6.45, 7) is 3.99. The topological polar surface area (TPSA) is 84.5 Å². The number of rotatable bonds is 5. The first-order valence-corrected chi connectivity index (χ1v) is 6.73. The van der Waals surface area contributed by atoms with Crippen LogP contribution in [0.5, 0.6) is 0 Å². The van der Waals surface area contributed by atoms with Gasteiger partial charge in [0.25, 0.3) is 5.91 Å². The number of carbonyl (C=O) groups excluding carboxylic acids is 3. The van der Waals surface area contributed by atoms with Gasteiger partial charge in [-0.15, -0.1) is 0 Å². The Hall–Kier alpha value is -1.59. The minimum absolute atomic E-state index is 0.0810. The van der Waals surface area contributed by atoms with Gasteiger partial charge < -0.3 is 10.1 Å². The minimum Gasteiger partial charge on any atom is -0.455 e. The first-order valence-electron chi connectivity index (χ1n) is 6.73. The third kappa shape index (κ3) is 6.22. The van der Waals surface area contributed by atoms with Crippen molar-refractivity contribution in [3.8, 4) is 0 Å². The van der Waals surface area contributed by atoms with E-state index in [0.29, 0.717) is 12.5 Å². The van der Waals surface area contributed by atoms with Gasteiger partial charge in [0.15, 0.2) is 6.61 Å². The summed E-state index contributed by atoms with van der Waals surface area (Å²) >= 11 is 0. The Kier molecular flexibility index (Phi) is 6.32. The van der Waals surface area contributed by atoms with Crippen molar-refractivity contribution >= 4 is 17.9 Å². The van der Waals surface area contributed by atoms with Gasteiger partial charge in [-0.05, 0) is 18.8 Å². The molecule has 0 aromatic rings. The molecule has 0 aliphatic heterocycles. The van der Waals surface area contributed by atoms with Crippen molar-refractivity contribution in [1.29, 1.82) is 0 Å². The lowest BCUT2D eigenvalue weighted by Gasteiger charge is -2.10. The van der Waals surface area contributed by atoms with Crippen LogP contribution in [0.4, 0.5) is 4.79 Å². The molecule has 19 heavy (non-hydrogen) atoms. The second-order valence-corrected chi connectivity index (χ2v) is 5.24. The van der Waals surface area contributed by atoms with Crippen LogP contribution >= 0.6 is 0 Å². The first kappa shape index (κ1) is 15.5. The summed E-state index contributed by atoms with van der Waals surface area (Å²) in [4.78, 5) is 34.2. The largest absolute Gasteiger partial charge is 0.455 e. The molecule has 0 spiro atoms. The second kappa shape index (κ2) is 7.76. The molecule has 108 valence electrons. The van der Waals surface area contributed by atoms with Crippen LogP contribution in [0.1, 0.15) is 39.5 Å². The van der Waals surface area contributed by atoms with Crippen LogP contribution in [0.15, 0.2) is 0 Å². The van der Waals surface area contributed by atoms with E-state index in [-0.39, 0.29) is 11.9 Å². The van der Waals surface area contributed by atoms with E-state index in [1.165, 1.54) is 0 Å². The molecule has 1 aliphatic carbocycles. The van der Waals surface area contributed by atoms with Gasteiger partial charge in [-0.25, -0.2) is 4.79 Å². The molecule has 0 radical (unpaired) electrons. The fourth-order valence-electron chi connectivity index (χ4n) is 1.92. The molecule has 6 nitrogen and oxygen atoms in total. The van der Waals surface area contributed by atoms with E-state index in [0.717, 1.165) is 25.7 Å². The lowest BCUT2D eigenvalue weighted by Crippen LogP contribution is -2.42. The molecule has 0 aromatic carbocycles. The minimum atomic E-state index is -0.604. The summed E-state index contributed by atoms with van der Waals surface area (Å²) in [5, 5.41) is 4.66. The zero-order chi connectivity index (χ0) is 14.3. The lowest BCUT2D eigenvalue weighted by molar-refractivity contribution is -0.152. The van der Waals surface area contributed by atoms with Gasteiger partial charge in [-0.3, -0.25) is 14.9 Å². The van der Waals surface area contributed by atoms with Crippen LogP contribution in [0.25, 0.3) is 0 Å². The van der Waals surface area contributed by atoms with E-state index in [4.69, 9.17) is 4.74 Å². The zero-order valence-electron chi connectivity index (χ0n) is 11.5. The number of urea groups is 1. The molecule has 1 aliphatic rings. The van der Waals surface area contributed by atoms with Crippen LogP contribution in [-0.2, 0) is 14.3 Å². The molecular formula is C13H22N2O4. The molecule has 3 amide bonds. The summed E-state index contributed by atoms with van der Waals surface area (Å²) in [5.74, 6) is -0.716. The monoisotopic (exact) mass is 270 g/mol. The van der Waals surface area contributed by atoms with Gasteiger partial charge in [0.2, 0.25) is 0 Å². The van der Waals surface area contributed by atoms with Crippen LogP contribution in [0.3, 0.4) is 0 Å². The van der Waals surface area contributed by atoms with Gasteiger partial charge in [0.1, 0.15) is 0 Å². The Balaban J connectivity index is 2.16. The summed E-state index contributed by atoms with van der Waals surface area (Å²) in [7, 11) is 0. The van der Waals surface area contributed by atoms with Crippen molar-refractivity contribution < 1.29 is 19.1 Å². The number of nitrogens with one attached hydrogen (secondary N) is 2. The average Bonchev–Trinajstić information content (AvgIpc) is 2.87. The van der Waals surface area contributed by atoms with E-state index >= 15 is 0 Å². The van der Waals surface area contributed by atoms with Crippen molar-refractivity contribution in [3.63, 3.8) is 0 Å². The predicted octanol–water partition coefficient (Wildman–Crippen LogP) is 1.20. The summed E-state index contributed by atoms with van der Waals surface area (Å²) < 4.78 is 4.88. The normalized spacial score (nSPS) is 15.3. The molecule has 0 unspecified atom stereocenters. The maximum Gasteiger partial charge on any atom is 0.321 e. The van der Waals surface area contributed by atoms with Crippen molar-refractivity contribution in [3.05, 3.63) is 0 Å². The highest BCUT2D eigenvalue weighted by molar-refractivity contribution is 5.95. The maximum absolute atomic E-state index is 11.5. The fourth-order valence-corrected chi connectivity index (χ4v) is 1.92. The van der Waals surface area contributed by atoms with Gasteiger partial charge in [-0.1, -0.05) is 26.7 Å². The highest BCUT2D eigenvalue weighted by atomic mass is 16.5. The number of hydrogen-bond acceptors (Lipinski definition) is 4. The quantitative estimate of drug-likeness (QED) is 0.735. The summed E-state index contributed by atoms with van der Waals surface area (Å²) in [5.41, 5.74) is 0. The third-order valence-corrected chi connectivity index (χ3v) is 2.96. The summed E-state index contributed by atoms with van der Waals surface area (Å²) in [6, 6.07) is -0.560. The molecule has 0 atom stereocenters. The number of imide groups is 1. The van der Waals surface area contributed by atoms with Crippen LogP contribution in [0, 0.1) is 11.8 Å². The van der Waals surface area contributed by atoms with Crippen LogP contribution in [-0.4, -0.2) is 31.1 Å². The van der Waals surface area contributed by atoms with Crippen molar-refractivity contribution in [2.24, 2.45) is 11.8 Å². The fraction of sp³-hybridized carbons (Fsp3) is 0.769. The standard InChI is InChI=1S/C13H22N2O4/c1-9(2)7-14-13(18)15-11(16)8-19-12(17)10-5-3-4-6-10/h9-10H,3-8H2,1-2H3,(H2,14,15,16,18). The van der Waals surface area contributed by atoms with E-state index in [1.54, 1.807) is 0 Å². The molecule has 0 aromatic heterocycles. The smallest absolute Gasteiger partial charge is 0.321 e. The molecule has 0 saturated heterocycles. The Labute approximate surface area is 113 Å².